The van der Waals surface area contributed by atoms with E-state index < -0.39 is 23.2 Å². The van der Waals surface area contributed by atoms with Crippen LogP contribution in [0.3, 0.4) is 0 Å². The summed E-state index contributed by atoms with van der Waals surface area (Å²) in [4.78, 5) is 27.7. The number of amides is 1. The van der Waals surface area contributed by atoms with Gasteiger partial charge >= 0.3 is 5.97 Å². The van der Waals surface area contributed by atoms with Gasteiger partial charge in [-0.1, -0.05) is 26.0 Å². The maximum absolute atomic E-state index is 12.3. The number of para-hydroxylation sites is 2. The molecule has 1 aromatic heterocycles. The summed E-state index contributed by atoms with van der Waals surface area (Å²) >= 11 is 0. The van der Waals surface area contributed by atoms with E-state index in [0.717, 1.165) is 0 Å². The maximum atomic E-state index is 12.3. The molecular weight excluding hydrogens is 336 g/mol. The van der Waals surface area contributed by atoms with E-state index in [9.17, 15) is 14.7 Å². The molecule has 7 heteroatoms. The van der Waals surface area contributed by atoms with Crippen LogP contribution in [0.25, 0.3) is 0 Å². The van der Waals surface area contributed by atoms with Crippen molar-refractivity contribution in [3.8, 4) is 17.4 Å². The number of hydrogen-bond acceptors (Lipinski definition) is 5. The van der Waals surface area contributed by atoms with E-state index in [2.05, 4.69) is 10.3 Å². The van der Waals surface area contributed by atoms with Gasteiger partial charge in [-0.25, -0.2) is 4.98 Å². The zero-order chi connectivity index (χ0) is 18.9. The van der Waals surface area contributed by atoms with E-state index >= 15 is 0 Å². The van der Waals surface area contributed by atoms with Crippen LogP contribution in [-0.2, 0) is 9.59 Å². The fourth-order valence-electron chi connectivity index (χ4n) is 3.14. The molecule has 2 aromatic rings. The van der Waals surface area contributed by atoms with E-state index in [1.165, 1.54) is 6.20 Å². The number of rotatable bonds is 6. The third-order valence-corrected chi connectivity index (χ3v) is 4.66. The largest absolute Gasteiger partial charge is 0.493 e. The predicted octanol–water partition coefficient (Wildman–Crippen LogP) is 3.18. The van der Waals surface area contributed by atoms with Gasteiger partial charge in [-0.15, -0.1) is 0 Å². The van der Waals surface area contributed by atoms with Crippen LogP contribution in [0.5, 0.6) is 17.4 Å². The number of anilines is 1. The average molecular weight is 356 g/mol. The van der Waals surface area contributed by atoms with Gasteiger partial charge in [0.1, 0.15) is 0 Å². The summed E-state index contributed by atoms with van der Waals surface area (Å²) < 4.78 is 10.9. The Balaban J connectivity index is 1.65. The molecule has 1 aromatic carbocycles. The fourth-order valence-corrected chi connectivity index (χ4v) is 3.14. The molecule has 1 aliphatic rings. The first-order chi connectivity index (χ1) is 12.3. The first kappa shape index (κ1) is 17.7. The third-order valence-electron chi connectivity index (χ3n) is 4.66. The number of carboxylic acids is 1. The summed E-state index contributed by atoms with van der Waals surface area (Å²) in [5.74, 6) is -1.02. The van der Waals surface area contributed by atoms with E-state index in [0.29, 0.717) is 23.1 Å². The minimum atomic E-state index is -0.950. The summed E-state index contributed by atoms with van der Waals surface area (Å²) in [7, 11) is 1.55. The molecule has 1 aliphatic carbocycles. The lowest BCUT2D eigenvalue weighted by Gasteiger charge is -2.10. The standard InChI is InChI=1S/C19H20N2O5/c1-19(2)15(16(19)18(23)24)17(22)21-11-8-9-14(20-10-11)26-13-7-5-4-6-12(13)25-3/h4-10,15-16H,1-3H3,(H,21,22)(H,23,24)/t15-,16-/m1/s1. The highest BCUT2D eigenvalue weighted by Crippen LogP contribution is 2.58. The molecular formula is C19H20N2O5. The summed E-state index contributed by atoms with van der Waals surface area (Å²) in [5, 5.41) is 11.9. The van der Waals surface area contributed by atoms with Gasteiger partial charge in [0, 0.05) is 6.07 Å². The lowest BCUT2D eigenvalue weighted by molar-refractivity contribution is -0.140. The van der Waals surface area contributed by atoms with E-state index in [1.54, 1.807) is 45.2 Å². The van der Waals surface area contributed by atoms with E-state index in [4.69, 9.17) is 9.47 Å². The second kappa shape index (κ2) is 6.67. The van der Waals surface area contributed by atoms with Gasteiger partial charge in [-0.3, -0.25) is 9.59 Å². The minimum absolute atomic E-state index is 0.317. The molecule has 1 amide bonds. The minimum Gasteiger partial charge on any atom is -0.493 e. The Morgan fingerprint density at radius 1 is 1.12 bits per heavy atom. The Morgan fingerprint density at radius 3 is 2.35 bits per heavy atom. The highest BCUT2D eigenvalue weighted by molar-refractivity contribution is 5.99. The van der Waals surface area contributed by atoms with Gasteiger partial charge in [0.2, 0.25) is 11.8 Å². The number of hydrogen-bond donors (Lipinski definition) is 2. The maximum Gasteiger partial charge on any atom is 0.307 e. The van der Waals surface area contributed by atoms with Crippen molar-refractivity contribution in [1.82, 2.24) is 4.98 Å². The zero-order valence-electron chi connectivity index (χ0n) is 14.7. The predicted molar refractivity (Wildman–Crippen MR) is 94.3 cm³/mol. The van der Waals surface area contributed by atoms with Crippen LogP contribution in [0, 0.1) is 17.3 Å². The molecule has 0 saturated heterocycles. The summed E-state index contributed by atoms with van der Waals surface area (Å²) in [5.41, 5.74) is -0.0646. The average Bonchev–Trinajstić information content (AvgIpc) is 3.20. The number of methoxy groups -OCH3 is 1. The van der Waals surface area contributed by atoms with Crippen LogP contribution in [-0.4, -0.2) is 29.1 Å². The molecule has 0 aliphatic heterocycles. The van der Waals surface area contributed by atoms with E-state index in [-0.39, 0.29) is 5.91 Å². The molecule has 2 atom stereocenters. The third kappa shape index (κ3) is 3.33. The van der Waals surface area contributed by atoms with E-state index in [1.807, 2.05) is 12.1 Å². The molecule has 136 valence electrons. The topological polar surface area (TPSA) is 97.8 Å². The van der Waals surface area contributed by atoms with Crippen molar-refractivity contribution >= 4 is 17.6 Å². The molecule has 7 nitrogen and oxygen atoms in total. The van der Waals surface area contributed by atoms with Crippen molar-refractivity contribution in [3.05, 3.63) is 42.6 Å². The number of carboxylic acid groups (broad SMARTS) is 1. The molecule has 2 N–H and O–H groups in total. The van der Waals surface area contributed by atoms with Crippen molar-refractivity contribution in [2.75, 3.05) is 12.4 Å². The Bertz CT molecular complexity index is 832. The van der Waals surface area contributed by atoms with Gasteiger partial charge in [0.25, 0.3) is 0 Å². The second-order valence-corrected chi connectivity index (χ2v) is 6.74. The van der Waals surface area contributed by atoms with Crippen LogP contribution in [0.15, 0.2) is 42.6 Å². The molecule has 3 rings (SSSR count). The highest BCUT2D eigenvalue weighted by atomic mass is 16.5. The van der Waals surface area contributed by atoms with Gasteiger partial charge in [0.15, 0.2) is 11.5 Å². The number of benzene rings is 1. The number of nitrogens with zero attached hydrogens (tertiary/aromatic N) is 1. The Kier molecular flexibility index (Phi) is 4.54. The van der Waals surface area contributed by atoms with Crippen molar-refractivity contribution < 1.29 is 24.2 Å². The van der Waals surface area contributed by atoms with Crippen LogP contribution >= 0.6 is 0 Å². The molecule has 0 spiro atoms. The smallest absolute Gasteiger partial charge is 0.307 e. The van der Waals surface area contributed by atoms with Crippen LogP contribution in [0.2, 0.25) is 0 Å². The van der Waals surface area contributed by atoms with Crippen LogP contribution < -0.4 is 14.8 Å². The lowest BCUT2D eigenvalue weighted by Crippen LogP contribution is -2.17. The van der Waals surface area contributed by atoms with Crippen molar-refractivity contribution in [2.24, 2.45) is 17.3 Å². The number of aliphatic carboxylic acids is 1. The van der Waals surface area contributed by atoms with Gasteiger partial charge in [-0.2, -0.15) is 0 Å². The SMILES string of the molecule is COc1ccccc1Oc1ccc(NC(=O)[C@H]2[C@H](C(=O)O)C2(C)C)cn1. The van der Waals surface area contributed by atoms with Gasteiger partial charge < -0.3 is 19.9 Å². The first-order valence-corrected chi connectivity index (χ1v) is 8.15. The highest BCUT2D eigenvalue weighted by Gasteiger charge is 2.65. The summed E-state index contributed by atoms with van der Waals surface area (Å²) in [6.45, 7) is 3.55. The summed E-state index contributed by atoms with van der Waals surface area (Å²) in [6.07, 6.45) is 1.47. The number of carbonyl (C=O) groups excluding carboxylic acids is 1. The number of ether oxygens (including phenoxy) is 2. The van der Waals surface area contributed by atoms with Gasteiger partial charge in [-0.05, 0) is 23.6 Å². The molecule has 0 bridgehead atoms. The number of aromatic nitrogens is 1. The molecule has 26 heavy (non-hydrogen) atoms. The molecule has 0 unspecified atom stereocenters. The van der Waals surface area contributed by atoms with Gasteiger partial charge in [0.05, 0.1) is 30.8 Å². The Hall–Kier alpha value is -3.09. The van der Waals surface area contributed by atoms with Crippen molar-refractivity contribution in [2.45, 2.75) is 13.8 Å². The van der Waals surface area contributed by atoms with Crippen LogP contribution in [0.1, 0.15) is 13.8 Å². The first-order valence-electron chi connectivity index (χ1n) is 8.15. The quantitative estimate of drug-likeness (QED) is 0.825. The monoisotopic (exact) mass is 356 g/mol. The zero-order valence-corrected chi connectivity index (χ0v) is 14.7. The van der Waals surface area contributed by atoms with Crippen molar-refractivity contribution in [3.63, 3.8) is 0 Å². The Morgan fingerprint density at radius 2 is 1.81 bits per heavy atom. The Labute approximate surface area is 151 Å². The normalized spacial score (nSPS) is 20.1. The lowest BCUT2D eigenvalue weighted by atomic mass is 10.1. The molecule has 1 saturated carbocycles. The second-order valence-electron chi connectivity index (χ2n) is 6.74. The summed E-state index contributed by atoms with van der Waals surface area (Å²) in [6, 6.07) is 10.5. The number of nitrogens with one attached hydrogen (secondary N) is 1. The molecule has 1 heterocycles. The number of carbonyl (C=O) groups is 2. The van der Waals surface area contributed by atoms with Crippen molar-refractivity contribution in [1.29, 1.82) is 0 Å². The van der Waals surface area contributed by atoms with Crippen LogP contribution in [0.4, 0.5) is 5.69 Å². The fraction of sp³-hybridized carbons (Fsp3) is 0.316. The molecule has 1 fully saturated rings. The number of pyridine rings is 1. The molecule has 0 radical (unpaired) electrons.